The second-order valence-electron chi connectivity index (χ2n) is 6.62. The fourth-order valence-electron chi connectivity index (χ4n) is 3.04. The summed E-state index contributed by atoms with van der Waals surface area (Å²) in [6.45, 7) is 4.93. The van der Waals surface area contributed by atoms with Gasteiger partial charge in [-0.15, -0.1) is 0 Å². The molecule has 1 amide bonds. The van der Waals surface area contributed by atoms with Crippen molar-refractivity contribution in [2.24, 2.45) is 5.92 Å². The third kappa shape index (κ3) is 3.67. The van der Waals surface area contributed by atoms with E-state index in [2.05, 4.69) is 60.1 Å². The van der Waals surface area contributed by atoms with Crippen LogP contribution >= 0.6 is 0 Å². The fraction of sp³-hybridized carbons (Fsp3) is 0.286. The van der Waals surface area contributed by atoms with Crippen LogP contribution in [-0.4, -0.2) is 17.0 Å². The average molecular weight is 320 g/mol. The number of carbonyl (C=O) groups excluding carboxylic acids is 1. The predicted octanol–water partition coefficient (Wildman–Crippen LogP) is 4.39. The third-order valence-electron chi connectivity index (χ3n) is 4.26. The fourth-order valence-corrected chi connectivity index (χ4v) is 3.04. The van der Waals surface area contributed by atoms with Crippen LogP contribution in [0, 0.1) is 5.92 Å². The first-order valence-corrected chi connectivity index (χ1v) is 8.52. The number of amides is 1. The number of carbonyl (C=O) groups is 1. The predicted molar refractivity (Wildman–Crippen MR) is 99.0 cm³/mol. The topological polar surface area (TPSA) is 34.0 Å². The Labute approximate surface area is 143 Å². The number of rotatable bonds is 6. The van der Waals surface area contributed by atoms with E-state index in [0.29, 0.717) is 18.9 Å². The normalized spacial score (nSPS) is 12.5. The smallest absolute Gasteiger partial charge is 0.222 e. The molecule has 0 aliphatic heterocycles. The summed E-state index contributed by atoms with van der Waals surface area (Å²) in [4.78, 5) is 12.4. The first-order valence-electron chi connectivity index (χ1n) is 8.52. The Balaban J connectivity index is 1.94. The molecule has 2 aromatic carbocycles. The van der Waals surface area contributed by atoms with Crippen molar-refractivity contribution in [1.29, 1.82) is 0 Å². The quantitative estimate of drug-likeness (QED) is 0.718. The second-order valence-corrected chi connectivity index (χ2v) is 6.62. The summed E-state index contributed by atoms with van der Waals surface area (Å²) in [5.74, 6) is 0.548. The van der Waals surface area contributed by atoms with E-state index in [4.69, 9.17) is 0 Å². The van der Waals surface area contributed by atoms with E-state index >= 15 is 0 Å². The second kappa shape index (κ2) is 7.35. The Kier molecular flexibility index (Phi) is 4.99. The van der Waals surface area contributed by atoms with Gasteiger partial charge in [0.1, 0.15) is 0 Å². The molecule has 0 fully saturated rings. The van der Waals surface area contributed by atoms with Crippen LogP contribution in [0.1, 0.15) is 31.9 Å². The minimum atomic E-state index is -0.00161. The summed E-state index contributed by atoms with van der Waals surface area (Å²) in [5, 5.41) is 5.45. The molecule has 0 spiro atoms. The zero-order chi connectivity index (χ0) is 16.9. The molecule has 0 saturated heterocycles. The first-order chi connectivity index (χ1) is 11.6. The van der Waals surface area contributed by atoms with Gasteiger partial charge in [-0.3, -0.25) is 4.79 Å². The van der Waals surface area contributed by atoms with E-state index < -0.39 is 0 Å². The van der Waals surface area contributed by atoms with Crippen LogP contribution in [-0.2, 0) is 4.79 Å². The van der Waals surface area contributed by atoms with E-state index in [-0.39, 0.29) is 11.9 Å². The van der Waals surface area contributed by atoms with Gasteiger partial charge in [-0.1, -0.05) is 56.3 Å². The molecule has 3 nitrogen and oxygen atoms in total. The van der Waals surface area contributed by atoms with Crippen molar-refractivity contribution in [1.82, 2.24) is 9.88 Å². The van der Waals surface area contributed by atoms with E-state index in [0.717, 1.165) is 0 Å². The molecule has 24 heavy (non-hydrogen) atoms. The van der Waals surface area contributed by atoms with Crippen molar-refractivity contribution < 1.29 is 4.79 Å². The van der Waals surface area contributed by atoms with Crippen molar-refractivity contribution in [2.45, 2.75) is 26.3 Å². The maximum Gasteiger partial charge on any atom is 0.222 e. The summed E-state index contributed by atoms with van der Waals surface area (Å²) in [6, 6.07) is 18.7. The standard InChI is InChI=1S/C21H24N2O/c1-16(2)15-22-21(24)14-20(23-12-5-6-13-23)19-11-7-9-17-8-3-4-10-18(17)19/h3-13,16,20H,14-15H2,1-2H3,(H,22,24). The summed E-state index contributed by atoms with van der Waals surface area (Å²) in [6.07, 6.45) is 4.50. The van der Waals surface area contributed by atoms with Crippen LogP contribution in [0.25, 0.3) is 10.8 Å². The maximum absolute atomic E-state index is 12.4. The Morgan fingerprint density at radius 2 is 1.71 bits per heavy atom. The lowest BCUT2D eigenvalue weighted by Gasteiger charge is -2.21. The summed E-state index contributed by atoms with van der Waals surface area (Å²) >= 11 is 0. The molecule has 1 unspecified atom stereocenters. The minimum Gasteiger partial charge on any atom is -0.356 e. The van der Waals surface area contributed by atoms with Gasteiger partial charge in [0, 0.05) is 18.9 Å². The van der Waals surface area contributed by atoms with Crippen molar-refractivity contribution in [3.63, 3.8) is 0 Å². The molecule has 0 radical (unpaired) electrons. The Morgan fingerprint density at radius 1 is 1.00 bits per heavy atom. The highest BCUT2D eigenvalue weighted by Crippen LogP contribution is 2.29. The summed E-state index contributed by atoms with van der Waals surface area (Å²) < 4.78 is 2.12. The van der Waals surface area contributed by atoms with Gasteiger partial charge in [-0.05, 0) is 34.4 Å². The van der Waals surface area contributed by atoms with Crippen molar-refractivity contribution in [3.8, 4) is 0 Å². The van der Waals surface area contributed by atoms with Gasteiger partial charge in [0.25, 0.3) is 0 Å². The molecular weight excluding hydrogens is 296 g/mol. The van der Waals surface area contributed by atoms with Gasteiger partial charge < -0.3 is 9.88 Å². The number of hydrogen-bond acceptors (Lipinski definition) is 1. The molecule has 1 N–H and O–H groups in total. The number of benzene rings is 2. The zero-order valence-corrected chi connectivity index (χ0v) is 14.3. The molecule has 124 valence electrons. The molecular formula is C21H24N2O. The first kappa shape index (κ1) is 16.3. The molecule has 1 atom stereocenters. The van der Waals surface area contributed by atoms with Crippen LogP contribution in [0.4, 0.5) is 0 Å². The highest BCUT2D eigenvalue weighted by Gasteiger charge is 2.19. The molecule has 3 rings (SSSR count). The van der Waals surface area contributed by atoms with E-state index in [9.17, 15) is 4.79 Å². The highest BCUT2D eigenvalue weighted by molar-refractivity contribution is 5.87. The monoisotopic (exact) mass is 320 g/mol. The number of nitrogens with one attached hydrogen (secondary N) is 1. The maximum atomic E-state index is 12.4. The zero-order valence-electron chi connectivity index (χ0n) is 14.3. The average Bonchev–Trinajstić information content (AvgIpc) is 3.12. The minimum absolute atomic E-state index is 0.00161. The van der Waals surface area contributed by atoms with Crippen LogP contribution in [0.5, 0.6) is 0 Å². The van der Waals surface area contributed by atoms with Crippen molar-refractivity contribution >= 4 is 16.7 Å². The number of hydrogen-bond donors (Lipinski definition) is 1. The van der Waals surface area contributed by atoms with Crippen LogP contribution in [0.15, 0.2) is 67.0 Å². The SMILES string of the molecule is CC(C)CNC(=O)CC(c1cccc2ccccc12)n1cccc1. The third-order valence-corrected chi connectivity index (χ3v) is 4.26. The summed E-state index contributed by atoms with van der Waals surface area (Å²) in [5.41, 5.74) is 1.18. The largest absolute Gasteiger partial charge is 0.356 e. The molecule has 1 heterocycles. The lowest BCUT2D eigenvalue weighted by molar-refractivity contribution is -0.121. The number of fused-ring (bicyclic) bond motifs is 1. The van der Waals surface area contributed by atoms with Gasteiger partial charge in [-0.25, -0.2) is 0 Å². The highest BCUT2D eigenvalue weighted by atomic mass is 16.1. The van der Waals surface area contributed by atoms with Crippen LogP contribution in [0.3, 0.4) is 0 Å². The van der Waals surface area contributed by atoms with E-state index in [1.807, 2.05) is 30.6 Å². The van der Waals surface area contributed by atoms with Crippen LogP contribution in [0.2, 0.25) is 0 Å². The Bertz CT molecular complexity index is 800. The molecule has 0 saturated carbocycles. The molecule has 0 aliphatic carbocycles. The van der Waals surface area contributed by atoms with Crippen molar-refractivity contribution in [2.75, 3.05) is 6.54 Å². The van der Waals surface area contributed by atoms with Gasteiger partial charge >= 0.3 is 0 Å². The molecule has 0 bridgehead atoms. The number of nitrogens with zero attached hydrogens (tertiary/aromatic N) is 1. The molecule has 0 aliphatic rings. The molecule has 1 aromatic heterocycles. The van der Waals surface area contributed by atoms with Gasteiger partial charge in [0.2, 0.25) is 5.91 Å². The van der Waals surface area contributed by atoms with E-state index in [1.54, 1.807) is 0 Å². The molecule has 3 heteroatoms. The van der Waals surface area contributed by atoms with Crippen molar-refractivity contribution in [3.05, 3.63) is 72.6 Å². The number of aromatic nitrogens is 1. The molecule has 3 aromatic rings. The van der Waals surface area contributed by atoms with E-state index in [1.165, 1.54) is 16.3 Å². The van der Waals surface area contributed by atoms with Gasteiger partial charge in [0.15, 0.2) is 0 Å². The van der Waals surface area contributed by atoms with Gasteiger partial charge in [-0.2, -0.15) is 0 Å². The summed E-state index contributed by atoms with van der Waals surface area (Å²) in [7, 11) is 0. The van der Waals surface area contributed by atoms with Gasteiger partial charge in [0.05, 0.1) is 12.5 Å². The van der Waals surface area contributed by atoms with Crippen LogP contribution < -0.4 is 5.32 Å². The lowest BCUT2D eigenvalue weighted by Crippen LogP contribution is -2.29. The Hall–Kier alpha value is -2.55. The lowest BCUT2D eigenvalue weighted by atomic mass is 9.96. The Morgan fingerprint density at radius 3 is 2.46 bits per heavy atom.